The Bertz CT molecular complexity index is 434. The van der Waals surface area contributed by atoms with Crippen molar-refractivity contribution in [3.05, 3.63) is 42.0 Å². The molecule has 2 heteroatoms. The Morgan fingerprint density at radius 1 is 1.33 bits per heavy atom. The van der Waals surface area contributed by atoms with Gasteiger partial charge in [0.1, 0.15) is 5.75 Å². The molecule has 0 amide bonds. The fraction of sp³-hybridized carbons (Fsp3) is 0.438. The summed E-state index contributed by atoms with van der Waals surface area (Å²) in [5.74, 6) is 1.27. The van der Waals surface area contributed by atoms with Crippen LogP contribution in [-0.4, -0.2) is 10.9 Å². The van der Waals surface area contributed by atoms with Crippen LogP contribution in [0, 0.1) is 5.92 Å². The average Bonchev–Trinajstić information content (AvgIpc) is 2.32. The Labute approximate surface area is 108 Å². The van der Waals surface area contributed by atoms with Gasteiger partial charge in [-0.15, -0.1) is 0 Å². The monoisotopic (exact) mass is 244 g/mol. The van der Waals surface area contributed by atoms with Crippen LogP contribution in [0.5, 0.6) is 5.75 Å². The minimum Gasteiger partial charge on any atom is -0.508 e. The summed E-state index contributed by atoms with van der Waals surface area (Å²) < 4.78 is 0. The van der Waals surface area contributed by atoms with E-state index in [1.165, 1.54) is 5.56 Å². The van der Waals surface area contributed by atoms with Crippen LogP contribution in [-0.2, 0) is 11.2 Å². The second-order valence-corrected chi connectivity index (χ2v) is 5.07. The molecule has 0 aromatic heterocycles. The lowest BCUT2D eigenvalue weighted by molar-refractivity contribution is -0.114. The third-order valence-electron chi connectivity index (χ3n) is 3.56. The average molecular weight is 244 g/mol. The molecule has 1 N–H and O–H groups in total. The number of rotatable bonds is 3. The Morgan fingerprint density at radius 3 is 3.06 bits per heavy atom. The number of carbonyl (C=O) groups excluding carboxylic acids is 1. The maximum atomic E-state index is 11.2. The minimum atomic E-state index is 0.265. The van der Waals surface area contributed by atoms with Crippen molar-refractivity contribution in [2.45, 2.75) is 38.5 Å². The van der Waals surface area contributed by atoms with Crippen molar-refractivity contribution in [2.24, 2.45) is 5.92 Å². The Hall–Kier alpha value is -1.57. The van der Waals surface area contributed by atoms with Gasteiger partial charge < -0.3 is 5.11 Å². The van der Waals surface area contributed by atoms with Crippen molar-refractivity contribution in [2.75, 3.05) is 0 Å². The molecule has 18 heavy (non-hydrogen) atoms. The van der Waals surface area contributed by atoms with E-state index in [1.807, 2.05) is 18.2 Å². The van der Waals surface area contributed by atoms with Gasteiger partial charge in [-0.2, -0.15) is 0 Å². The number of hydrogen-bond acceptors (Lipinski definition) is 2. The summed E-state index contributed by atoms with van der Waals surface area (Å²) in [5.41, 5.74) is 1.19. The lowest BCUT2D eigenvalue weighted by Gasteiger charge is -2.16. The van der Waals surface area contributed by atoms with E-state index < -0.39 is 0 Å². The normalized spacial score (nSPS) is 22.2. The van der Waals surface area contributed by atoms with Crippen molar-refractivity contribution >= 4 is 5.78 Å². The van der Waals surface area contributed by atoms with E-state index in [0.29, 0.717) is 18.1 Å². The van der Waals surface area contributed by atoms with Gasteiger partial charge in [0, 0.05) is 6.42 Å². The van der Waals surface area contributed by atoms with Crippen LogP contribution in [0.15, 0.2) is 36.4 Å². The maximum Gasteiger partial charge on any atom is 0.155 e. The van der Waals surface area contributed by atoms with Gasteiger partial charge >= 0.3 is 0 Å². The Balaban J connectivity index is 1.86. The predicted molar refractivity (Wildman–Crippen MR) is 72.5 cm³/mol. The molecule has 0 aliphatic heterocycles. The number of benzene rings is 1. The highest BCUT2D eigenvalue weighted by molar-refractivity contribution is 5.89. The van der Waals surface area contributed by atoms with E-state index in [1.54, 1.807) is 12.1 Å². The number of hydrogen-bond donors (Lipinski definition) is 1. The van der Waals surface area contributed by atoms with Crippen LogP contribution in [0.25, 0.3) is 0 Å². The molecular weight excluding hydrogens is 224 g/mol. The first-order chi connectivity index (χ1) is 8.74. The summed E-state index contributed by atoms with van der Waals surface area (Å²) >= 11 is 0. The molecule has 0 heterocycles. The summed E-state index contributed by atoms with van der Waals surface area (Å²) in [5, 5.41) is 9.41. The number of carbonyl (C=O) groups is 1. The fourth-order valence-electron chi connectivity index (χ4n) is 2.50. The fourth-order valence-corrected chi connectivity index (χ4v) is 2.50. The van der Waals surface area contributed by atoms with Gasteiger partial charge in [0.2, 0.25) is 0 Å². The number of aryl methyl sites for hydroxylation is 1. The molecule has 1 aliphatic carbocycles. The molecule has 0 bridgehead atoms. The third-order valence-corrected chi connectivity index (χ3v) is 3.56. The zero-order valence-electron chi connectivity index (χ0n) is 10.6. The number of allylic oxidation sites excluding steroid dienone is 2. The van der Waals surface area contributed by atoms with Gasteiger partial charge in [-0.1, -0.05) is 18.2 Å². The molecule has 1 aromatic carbocycles. The summed E-state index contributed by atoms with van der Waals surface area (Å²) in [6, 6.07) is 7.49. The van der Waals surface area contributed by atoms with Gasteiger partial charge in [-0.25, -0.2) is 0 Å². The SMILES string of the molecule is O=C1/C=C\CC(CCc2cccc(O)c2)CCC1. The van der Waals surface area contributed by atoms with Crippen molar-refractivity contribution in [1.82, 2.24) is 0 Å². The highest BCUT2D eigenvalue weighted by atomic mass is 16.3. The highest BCUT2D eigenvalue weighted by Crippen LogP contribution is 2.23. The first-order valence-corrected chi connectivity index (χ1v) is 6.71. The van der Waals surface area contributed by atoms with Crippen molar-refractivity contribution < 1.29 is 9.90 Å². The lowest BCUT2D eigenvalue weighted by atomic mass is 9.89. The largest absolute Gasteiger partial charge is 0.508 e. The van der Waals surface area contributed by atoms with Crippen LogP contribution < -0.4 is 0 Å². The quantitative estimate of drug-likeness (QED) is 0.881. The Kier molecular flexibility index (Phi) is 4.57. The molecule has 0 saturated heterocycles. The second kappa shape index (κ2) is 6.39. The van der Waals surface area contributed by atoms with Crippen molar-refractivity contribution in [1.29, 1.82) is 0 Å². The van der Waals surface area contributed by atoms with Gasteiger partial charge in [0.15, 0.2) is 5.78 Å². The summed E-state index contributed by atoms with van der Waals surface area (Å²) in [7, 11) is 0. The van der Waals surface area contributed by atoms with Crippen LogP contribution in [0.3, 0.4) is 0 Å². The molecule has 1 aromatic rings. The summed E-state index contributed by atoms with van der Waals surface area (Å²) in [6.45, 7) is 0. The molecule has 0 radical (unpaired) electrons. The number of phenolic OH excluding ortho intramolecular Hbond substituents is 1. The number of aromatic hydroxyl groups is 1. The van der Waals surface area contributed by atoms with E-state index in [4.69, 9.17) is 0 Å². The molecule has 2 rings (SSSR count). The topological polar surface area (TPSA) is 37.3 Å². The van der Waals surface area contributed by atoms with Crippen LogP contribution in [0.1, 0.15) is 37.7 Å². The van der Waals surface area contributed by atoms with Crippen LogP contribution >= 0.6 is 0 Å². The first-order valence-electron chi connectivity index (χ1n) is 6.71. The molecule has 2 nitrogen and oxygen atoms in total. The van der Waals surface area contributed by atoms with Crippen LogP contribution in [0.2, 0.25) is 0 Å². The van der Waals surface area contributed by atoms with E-state index in [2.05, 4.69) is 6.07 Å². The van der Waals surface area contributed by atoms with Gasteiger partial charge in [0.25, 0.3) is 0 Å². The summed E-state index contributed by atoms with van der Waals surface area (Å²) in [4.78, 5) is 11.2. The van der Waals surface area contributed by atoms with Crippen LogP contribution in [0.4, 0.5) is 0 Å². The predicted octanol–water partition coefficient (Wildman–Crippen LogP) is 3.64. The van der Waals surface area contributed by atoms with Gasteiger partial charge in [-0.3, -0.25) is 4.79 Å². The van der Waals surface area contributed by atoms with E-state index >= 15 is 0 Å². The van der Waals surface area contributed by atoms with E-state index in [0.717, 1.165) is 32.1 Å². The molecule has 96 valence electrons. The zero-order valence-corrected chi connectivity index (χ0v) is 10.6. The highest BCUT2D eigenvalue weighted by Gasteiger charge is 2.11. The molecule has 1 atom stereocenters. The van der Waals surface area contributed by atoms with Gasteiger partial charge in [0.05, 0.1) is 0 Å². The minimum absolute atomic E-state index is 0.265. The molecule has 0 saturated carbocycles. The zero-order chi connectivity index (χ0) is 12.8. The van der Waals surface area contributed by atoms with Gasteiger partial charge in [-0.05, 0) is 61.8 Å². The lowest BCUT2D eigenvalue weighted by Crippen LogP contribution is -2.06. The first kappa shape index (κ1) is 12.9. The second-order valence-electron chi connectivity index (χ2n) is 5.07. The van der Waals surface area contributed by atoms with Crippen molar-refractivity contribution in [3.63, 3.8) is 0 Å². The molecule has 0 fully saturated rings. The Morgan fingerprint density at radius 2 is 2.22 bits per heavy atom. The molecular formula is C16H20O2. The standard InChI is InChI=1S/C16H20O2/c17-15-7-1-4-13(5-2-8-15)10-11-14-6-3-9-16(18)12-14/h1,3,6-7,9,12-13,18H,2,4-5,8,10-11H2/b7-1-. The molecule has 1 unspecified atom stereocenters. The number of ketones is 1. The summed E-state index contributed by atoms with van der Waals surface area (Å²) in [6.07, 6.45) is 9.73. The maximum absolute atomic E-state index is 11.2. The molecule has 1 aliphatic rings. The third kappa shape index (κ3) is 4.02. The van der Waals surface area contributed by atoms with E-state index in [-0.39, 0.29) is 5.78 Å². The smallest absolute Gasteiger partial charge is 0.155 e. The number of phenols is 1. The molecule has 0 spiro atoms. The van der Waals surface area contributed by atoms with Crippen molar-refractivity contribution in [3.8, 4) is 5.75 Å². The van der Waals surface area contributed by atoms with E-state index in [9.17, 15) is 9.90 Å².